The number of nitrogens with one attached hydrogen (secondary N) is 2. The highest BCUT2D eigenvalue weighted by Crippen LogP contribution is 2.25. The molecule has 2 aromatic heterocycles. The minimum Gasteiger partial charge on any atom is -0.335 e. The number of nitrogens with two attached hydrogens (primary N) is 1. The normalized spacial score (nSPS) is 11.9. The summed E-state index contributed by atoms with van der Waals surface area (Å²) < 4.78 is 1.36. The Kier molecular flexibility index (Phi) is 6.55. The molecule has 0 fully saturated rings. The van der Waals surface area contributed by atoms with Gasteiger partial charge in [0.1, 0.15) is 5.69 Å². The van der Waals surface area contributed by atoms with E-state index in [2.05, 4.69) is 39.6 Å². The number of anilines is 1. The van der Waals surface area contributed by atoms with Crippen LogP contribution in [0.1, 0.15) is 31.7 Å². The lowest BCUT2D eigenvalue weighted by atomic mass is 9.99. The fourth-order valence-electron chi connectivity index (χ4n) is 3.21. The Labute approximate surface area is 190 Å². The van der Waals surface area contributed by atoms with Crippen LogP contribution in [0.15, 0.2) is 65.8 Å². The van der Waals surface area contributed by atoms with Gasteiger partial charge in [-0.3, -0.25) is 9.89 Å². The molecule has 4 N–H and O–H groups in total. The van der Waals surface area contributed by atoms with E-state index >= 15 is 0 Å². The predicted molar refractivity (Wildman–Crippen MR) is 128 cm³/mol. The van der Waals surface area contributed by atoms with E-state index < -0.39 is 0 Å². The Balaban J connectivity index is 1.37. The Bertz CT molecular complexity index is 1180. The summed E-state index contributed by atoms with van der Waals surface area (Å²) in [5.41, 5.74) is 4.45. The largest absolute Gasteiger partial charge is 0.335 e. The average molecular weight is 448 g/mol. The van der Waals surface area contributed by atoms with Crippen LogP contribution in [-0.2, 0) is 4.79 Å². The Morgan fingerprint density at radius 2 is 1.91 bits per heavy atom. The van der Waals surface area contributed by atoms with Gasteiger partial charge in [0, 0.05) is 11.3 Å². The van der Waals surface area contributed by atoms with Crippen molar-refractivity contribution >= 4 is 23.4 Å². The molecule has 1 unspecified atom stereocenters. The molecular weight excluding hydrogens is 422 g/mol. The molecule has 2 heterocycles. The molecule has 0 aliphatic rings. The van der Waals surface area contributed by atoms with E-state index in [4.69, 9.17) is 5.84 Å². The van der Waals surface area contributed by atoms with Crippen molar-refractivity contribution in [3.63, 3.8) is 0 Å². The molecule has 0 aliphatic carbocycles. The number of carbonyl (C=O) groups excluding carboxylic acids is 1. The summed E-state index contributed by atoms with van der Waals surface area (Å²) in [7, 11) is 0. The number of aromatic amines is 1. The Hall–Kier alpha value is -3.59. The summed E-state index contributed by atoms with van der Waals surface area (Å²) in [4.78, 5) is 12.4. The molecule has 0 spiro atoms. The second-order valence-corrected chi connectivity index (χ2v) is 8.42. The van der Waals surface area contributed by atoms with Crippen LogP contribution in [0.4, 0.5) is 5.69 Å². The van der Waals surface area contributed by atoms with Gasteiger partial charge in [0.05, 0.1) is 11.4 Å². The Morgan fingerprint density at radius 3 is 2.62 bits per heavy atom. The molecule has 4 rings (SSSR count). The monoisotopic (exact) mass is 447 g/mol. The fourth-order valence-corrected chi connectivity index (χ4v) is 3.87. The summed E-state index contributed by atoms with van der Waals surface area (Å²) in [6, 6.07) is 19.6. The van der Waals surface area contributed by atoms with Gasteiger partial charge in [0.2, 0.25) is 16.9 Å². The number of nitrogen functional groups attached to an aromatic ring is 1. The molecule has 0 bridgehead atoms. The topological polar surface area (TPSA) is 115 Å². The number of hydrogen-bond donors (Lipinski definition) is 3. The lowest BCUT2D eigenvalue weighted by Gasteiger charge is -2.10. The standard InChI is InChI=1S/C23H25N7OS/c1-3-15(2)16-9-11-18(12-10-16)25-21(31)14-32-23-29-28-22(30(23)24)20-13-19(26-27-20)17-7-5-4-6-8-17/h4-13,15H,3,14,24H2,1-2H3,(H,25,31)(H,26,27). The number of thioether (sulfide) groups is 1. The molecule has 2 aromatic carbocycles. The zero-order valence-corrected chi connectivity index (χ0v) is 18.8. The molecule has 1 amide bonds. The van der Waals surface area contributed by atoms with Gasteiger partial charge < -0.3 is 11.2 Å². The van der Waals surface area contributed by atoms with Crippen molar-refractivity contribution in [2.45, 2.75) is 31.3 Å². The first kappa shape index (κ1) is 21.6. The quantitative estimate of drug-likeness (QED) is 0.274. The molecular formula is C23H25N7OS. The van der Waals surface area contributed by atoms with Gasteiger partial charge in [-0.1, -0.05) is 68.1 Å². The van der Waals surface area contributed by atoms with Crippen molar-refractivity contribution in [3.8, 4) is 22.8 Å². The number of aromatic nitrogens is 5. The number of carbonyl (C=O) groups is 1. The van der Waals surface area contributed by atoms with E-state index in [0.29, 0.717) is 22.6 Å². The maximum atomic E-state index is 12.4. The second-order valence-electron chi connectivity index (χ2n) is 7.48. The average Bonchev–Trinajstić information content (AvgIpc) is 3.45. The van der Waals surface area contributed by atoms with Crippen LogP contribution < -0.4 is 11.2 Å². The second kappa shape index (κ2) is 9.69. The van der Waals surface area contributed by atoms with Gasteiger partial charge in [0.25, 0.3) is 0 Å². The maximum absolute atomic E-state index is 12.4. The van der Waals surface area contributed by atoms with Crippen molar-refractivity contribution < 1.29 is 4.79 Å². The molecule has 0 saturated heterocycles. The number of rotatable bonds is 8. The van der Waals surface area contributed by atoms with Crippen molar-refractivity contribution in [2.24, 2.45) is 0 Å². The molecule has 0 saturated carbocycles. The van der Waals surface area contributed by atoms with E-state index in [1.807, 2.05) is 60.7 Å². The third kappa shape index (κ3) is 4.83. The summed E-state index contributed by atoms with van der Waals surface area (Å²) in [5, 5.41) is 18.9. The van der Waals surface area contributed by atoms with E-state index in [-0.39, 0.29) is 11.7 Å². The van der Waals surface area contributed by atoms with Crippen molar-refractivity contribution in [1.82, 2.24) is 25.1 Å². The van der Waals surface area contributed by atoms with Gasteiger partial charge in [-0.25, -0.2) is 4.68 Å². The first-order valence-electron chi connectivity index (χ1n) is 10.4. The van der Waals surface area contributed by atoms with Gasteiger partial charge in [-0.05, 0) is 36.1 Å². The van der Waals surface area contributed by atoms with E-state index in [0.717, 1.165) is 23.4 Å². The van der Waals surface area contributed by atoms with Gasteiger partial charge >= 0.3 is 0 Å². The zero-order chi connectivity index (χ0) is 22.5. The SMILES string of the molecule is CCC(C)c1ccc(NC(=O)CSc2nnc(-c3cc(-c4ccccc4)n[nH]3)n2N)cc1. The number of nitrogens with zero attached hydrogens (tertiary/aromatic N) is 4. The smallest absolute Gasteiger partial charge is 0.234 e. The summed E-state index contributed by atoms with van der Waals surface area (Å²) >= 11 is 1.22. The number of H-pyrrole nitrogens is 1. The third-order valence-corrected chi connectivity index (χ3v) is 6.20. The molecule has 164 valence electrons. The van der Waals surface area contributed by atoms with Gasteiger partial charge in [-0.2, -0.15) is 5.10 Å². The van der Waals surface area contributed by atoms with E-state index in [1.165, 1.54) is 22.0 Å². The molecule has 1 atom stereocenters. The highest BCUT2D eigenvalue weighted by molar-refractivity contribution is 7.99. The van der Waals surface area contributed by atoms with Crippen LogP contribution in [-0.4, -0.2) is 36.7 Å². The van der Waals surface area contributed by atoms with Gasteiger partial charge in [-0.15, -0.1) is 10.2 Å². The highest BCUT2D eigenvalue weighted by Gasteiger charge is 2.16. The van der Waals surface area contributed by atoms with Gasteiger partial charge in [0.15, 0.2) is 0 Å². The first-order chi connectivity index (χ1) is 15.5. The Morgan fingerprint density at radius 1 is 1.16 bits per heavy atom. The molecule has 4 aromatic rings. The maximum Gasteiger partial charge on any atom is 0.234 e. The third-order valence-electron chi connectivity index (χ3n) is 5.26. The zero-order valence-electron chi connectivity index (χ0n) is 17.9. The fraction of sp³-hybridized carbons (Fsp3) is 0.217. The van der Waals surface area contributed by atoms with Crippen LogP contribution in [0, 0.1) is 0 Å². The summed E-state index contributed by atoms with van der Waals surface area (Å²) in [5.74, 6) is 7.15. The van der Waals surface area contributed by atoms with Crippen LogP contribution in [0.2, 0.25) is 0 Å². The molecule has 32 heavy (non-hydrogen) atoms. The van der Waals surface area contributed by atoms with Crippen molar-refractivity contribution in [2.75, 3.05) is 16.9 Å². The summed E-state index contributed by atoms with van der Waals surface area (Å²) in [6.45, 7) is 4.35. The number of benzene rings is 2. The lowest BCUT2D eigenvalue weighted by Crippen LogP contribution is -2.16. The van der Waals surface area contributed by atoms with Crippen LogP contribution in [0.5, 0.6) is 0 Å². The van der Waals surface area contributed by atoms with E-state index in [9.17, 15) is 4.79 Å². The first-order valence-corrected chi connectivity index (χ1v) is 11.4. The van der Waals surface area contributed by atoms with E-state index in [1.54, 1.807) is 0 Å². The van der Waals surface area contributed by atoms with Crippen LogP contribution in [0.3, 0.4) is 0 Å². The molecule has 9 heteroatoms. The molecule has 8 nitrogen and oxygen atoms in total. The van der Waals surface area contributed by atoms with Crippen molar-refractivity contribution in [1.29, 1.82) is 0 Å². The highest BCUT2D eigenvalue weighted by atomic mass is 32.2. The molecule has 0 aliphatic heterocycles. The van der Waals surface area contributed by atoms with Crippen LogP contribution >= 0.6 is 11.8 Å². The predicted octanol–water partition coefficient (Wildman–Crippen LogP) is 4.29. The summed E-state index contributed by atoms with van der Waals surface area (Å²) in [6.07, 6.45) is 1.08. The number of hydrogen-bond acceptors (Lipinski definition) is 6. The lowest BCUT2D eigenvalue weighted by molar-refractivity contribution is -0.113. The van der Waals surface area contributed by atoms with Crippen LogP contribution in [0.25, 0.3) is 22.8 Å². The minimum absolute atomic E-state index is 0.135. The number of amides is 1. The molecule has 0 radical (unpaired) electrons. The van der Waals surface area contributed by atoms with Crippen molar-refractivity contribution in [3.05, 3.63) is 66.2 Å². The minimum atomic E-state index is -0.135.